The summed E-state index contributed by atoms with van der Waals surface area (Å²) >= 11 is 1.96. The van der Waals surface area contributed by atoms with Crippen molar-refractivity contribution in [2.75, 3.05) is 44.1 Å². The van der Waals surface area contributed by atoms with Gasteiger partial charge in [0, 0.05) is 12.8 Å². The zero-order chi connectivity index (χ0) is 16.9. The van der Waals surface area contributed by atoms with Gasteiger partial charge in [0.2, 0.25) is 0 Å². The SMILES string of the molecule is COc1ccc(NC(=[N+]=C2CSCC(C)N2C)N2CCCC2)cc1.I. The van der Waals surface area contributed by atoms with Gasteiger partial charge in [-0.3, -0.25) is 15.1 Å². The van der Waals surface area contributed by atoms with E-state index in [0.717, 1.165) is 42.1 Å². The molecule has 5 nitrogen and oxygen atoms in total. The fourth-order valence-corrected chi connectivity index (χ4v) is 4.07. The number of thioether (sulfide) groups is 1. The van der Waals surface area contributed by atoms with Crippen molar-refractivity contribution in [3.63, 3.8) is 0 Å². The minimum absolute atomic E-state index is 0. The van der Waals surface area contributed by atoms with Crippen LogP contribution in [0.4, 0.5) is 5.69 Å². The Kier molecular flexibility index (Phi) is 7.78. The van der Waals surface area contributed by atoms with Crippen LogP contribution in [0.3, 0.4) is 0 Å². The molecule has 0 amide bonds. The normalized spacial score (nSPS) is 20.0. The highest BCUT2D eigenvalue weighted by atomic mass is 127. The highest BCUT2D eigenvalue weighted by molar-refractivity contribution is 14.0. The molecular formula is C18H28IN4OS+. The minimum Gasteiger partial charge on any atom is -0.497 e. The predicted octanol–water partition coefficient (Wildman–Crippen LogP) is 2.71. The van der Waals surface area contributed by atoms with Crippen LogP contribution < -0.4 is 14.7 Å². The maximum Gasteiger partial charge on any atom is 0.401 e. The van der Waals surface area contributed by atoms with E-state index < -0.39 is 0 Å². The summed E-state index contributed by atoms with van der Waals surface area (Å²) in [5.74, 6) is 5.13. The maximum atomic E-state index is 5.24. The van der Waals surface area contributed by atoms with Crippen molar-refractivity contribution in [2.24, 2.45) is 0 Å². The van der Waals surface area contributed by atoms with Gasteiger partial charge in [-0.05, 0) is 44.0 Å². The molecule has 1 N–H and O–H groups in total. The number of hydrogen-bond acceptors (Lipinski definition) is 2. The Balaban J connectivity index is 0.00000225. The van der Waals surface area contributed by atoms with Gasteiger partial charge in [0.05, 0.1) is 37.7 Å². The van der Waals surface area contributed by atoms with E-state index in [2.05, 4.69) is 29.1 Å². The Morgan fingerprint density at radius 1 is 1.24 bits per heavy atom. The van der Waals surface area contributed by atoms with Crippen molar-refractivity contribution in [3.05, 3.63) is 24.3 Å². The van der Waals surface area contributed by atoms with E-state index in [1.54, 1.807) is 7.11 Å². The average molecular weight is 475 g/mol. The number of nitrogens with zero attached hydrogens (tertiary/aromatic N) is 3. The van der Waals surface area contributed by atoms with Gasteiger partial charge in [-0.1, -0.05) is 0 Å². The number of halogens is 1. The van der Waals surface area contributed by atoms with Crippen molar-refractivity contribution >= 4 is 53.2 Å². The number of rotatable bonds is 2. The van der Waals surface area contributed by atoms with Crippen molar-refractivity contribution in [1.29, 1.82) is 0 Å². The highest BCUT2D eigenvalue weighted by Gasteiger charge is 2.27. The van der Waals surface area contributed by atoms with Crippen molar-refractivity contribution in [1.82, 2.24) is 14.5 Å². The Labute approximate surface area is 171 Å². The van der Waals surface area contributed by atoms with Gasteiger partial charge >= 0.3 is 5.96 Å². The zero-order valence-electron chi connectivity index (χ0n) is 15.2. The van der Waals surface area contributed by atoms with Gasteiger partial charge in [-0.2, -0.15) is 0 Å². The lowest BCUT2D eigenvalue weighted by Gasteiger charge is -2.27. The van der Waals surface area contributed by atoms with E-state index in [-0.39, 0.29) is 24.0 Å². The molecule has 1 unspecified atom stereocenters. The van der Waals surface area contributed by atoms with Crippen LogP contribution in [0, 0.1) is 0 Å². The standard InChI is InChI=1S/C18H26N4OS.HI/c1-14-12-24-13-17(21(14)2)20-18(22-10-4-5-11-22)19-15-6-8-16(23-3)9-7-15;/h6-9,14H,4-5,10-13H2,1-3H3;1H/p+1. The predicted molar refractivity (Wildman–Crippen MR) is 120 cm³/mol. The summed E-state index contributed by atoms with van der Waals surface area (Å²) in [6, 6.07) is 8.56. The number of guanidine groups is 1. The van der Waals surface area contributed by atoms with Gasteiger partial charge in [0.15, 0.2) is 0 Å². The van der Waals surface area contributed by atoms with E-state index in [1.165, 1.54) is 18.6 Å². The van der Waals surface area contributed by atoms with Crippen LogP contribution in [0.1, 0.15) is 19.8 Å². The third-order valence-corrected chi connectivity index (χ3v) is 5.83. The first kappa shape index (κ1) is 20.3. The molecule has 2 saturated heterocycles. The van der Waals surface area contributed by atoms with E-state index >= 15 is 0 Å². The second-order valence-corrected chi connectivity index (χ2v) is 7.40. The molecule has 2 heterocycles. The molecule has 2 aliphatic rings. The highest BCUT2D eigenvalue weighted by Crippen LogP contribution is 2.17. The topological polar surface area (TPSA) is 41.8 Å². The van der Waals surface area contributed by atoms with E-state index in [0.29, 0.717) is 6.04 Å². The van der Waals surface area contributed by atoms with Gasteiger partial charge in [0.1, 0.15) is 5.75 Å². The minimum atomic E-state index is 0. The van der Waals surface area contributed by atoms with Gasteiger partial charge < -0.3 is 4.74 Å². The third kappa shape index (κ3) is 5.21. The first-order valence-corrected chi connectivity index (χ1v) is 9.74. The summed E-state index contributed by atoms with van der Waals surface area (Å²) in [5, 5.41) is 3.52. The van der Waals surface area contributed by atoms with Crippen molar-refractivity contribution in [2.45, 2.75) is 25.8 Å². The largest absolute Gasteiger partial charge is 0.497 e. The summed E-state index contributed by atoms with van der Waals surface area (Å²) in [6.45, 7) is 4.40. The van der Waals surface area contributed by atoms with Gasteiger partial charge in [-0.25, -0.2) is 4.67 Å². The molecule has 138 valence electrons. The molecule has 2 aliphatic heterocycles. The maximum absolute atomic E-state index is 5.24. The molecule has 1 atom stereocenters. The molecule has 0 radical (unpaired) electrons. The molecule has 0 spiro atoms. The van der Waals surface area contributed by atoms with Crippen LogP contribution >= 0.6 is 35.7 Å². The second-order valence-electron chi connectivity index (χ2n) is 6.37. The molecule has 0 aromatic heterocycles. The first-order chi connectivity index (χ1) is 11.7. The first-order valence-electron chi connectivity index (χ1n) is 8.58. The number of benzene rings is 1. The number of methoxy groups -OCH3 is 1. The Morgan fingerprint density at radius 3 is 2.56 bits per heavy atom. The molecule has 0 saturated carbocycles. The van der Waals surface area contributed by atoms with Crippen molar-refractivity contribution in [3.8, 4) is 5.75 Å². The van der Waals surface area contributed by atoms with Gasteiger partial charge in [0.25, 0.3) is 5.84 Å². The lowest BCUT2D eigenvalue weighted by Crippen LogP contribution is -2.45. The van der Waals surface area contributed by atoms with Crippen LogP contribution in [-0.4, -0.2) is 66.4 Å². The summed E-state index contributed by atoms with van der Waals surface area (Å²) < 4.78 is 10.2. The van der Waals surface area contributed by atoms with Gasteiger partial charge in [-0.15, -0.1) is 35.7 Å². The molecule has 1 aromatic rings. The van der Waals surface area contributed by atoms with Crippen LogP contribution in [0.15, 0.2) is 24.3 Å². The Hall–Kier alpha value is -1.05. The molecule has 0 bridgehead atoms. The van der Waals surface area contributed by atoms with Crippen LogP contribution in [-0.2, 0) is 0 Å². The third-order valence-electron chi connectivity index (χ3n) is 4.65. The zero-order valence-corrected chi connectivity index (χ0v) is 18.3. The van der Waals surface area contributed by atoms with E-state index in [4.69, 9.17) is 9.40 Å². The number of likely N-dealkylation sites (tertiary alicyclic amines) is 1. The summed E-state index contributed by atoms with van der Waals surface area (Å²) in [5.41, 5.74) is 1.04. The van der Waals surface area contributed by atoms with Crippen LogP contribution in [0.5, 0.6) is 5.75 Å². The molecule has 7 heteroatoms. The lowest BCUT2D eigenvalue weighted by molar-refractivity contribution is 0.414. The Bertz CT molecular complexity index is 624. The Morgan fingerprint density at radius 2 is 1.92 bits per heavy atom. The average Bonchev–Trinajstić information content (AvgIpc) is 3.13. The second kappa shape index (κ2) is 9.59. The summed E-state index contributed by atoms with van der Waals surface area (Å²) in [6.07, 6.45) is 2.47. The fourth-order valence-electron chi connectivity index (χ4n) is 2.93. The number of ether oxygens (including phenoxy) is 1. The summed E-state index contributed by atoms with van der Waals surface area (Å²) in [4.78, 5) is 4.66. The fraction of sp³-hybridized carbons (Fsp3) is 0.556. The molecule has 25 heavy (non-hydrogen) atoms. The van der Waals surface area contributed by atoms with Crippen LogP contribution in [0.2, 0.25) is 0 Å². The molecule has 2 fully saturated rings. The quantitative estimate of drug-likeness (QED) is 0.309. The summed E-state index contributed by atoms with van der Waals surface area (Å²) in [7, 11) is 3.84. The number of amidine groups is 1. The number of hydrogen-bond donors (Lipinski definition) is 1. The molecule has 0 aliphatic carbocycles. The molecule has 3 rings (SSSR count). The van der Waals surface area contributed by atoms with Crippen molar-refractivity contribution < 1.29 is 4.74 Å². The number of anilines is 1. The van der Waals surface area contributed by atoms with E-state index in [9.17, 15) is 0 Å². The smallest absolute Gasteiger partial charge is 0.401 e. The molecular weight excluding hydrogens is 447 g/mol. The lowest BCUT2D eigenvalue weighted by atomic mass is 10.3. The monoisotopic (exact) mass is 475 g/mol. The van der Waals surface area contributed by atoms with E-state index in [1.807, 2.05) is 36.0 Å². The van der Waals surface area contributed by atoms with Crippen LogP contribution in [0.25, 0.3) is 0 Å². The molecule has 1 aromatic carbocycles. The number of nitrogens with one attached hydrogen (secondary N) is 1.